The van der Waals surface area contributed by atoms with Crippen molar-refractivity contribution in [2.75, 3.05) is 26.2 Å². The summed E-state index contributed by atoms with van der Waals surface area (Å²) in [5.41, 5.74) is 6.44. The van der Waals surface area contributed by atoms with Gasteiger partial charge in [-0.2, -0.15) is 0 Å². The van der Waals surface area contributed by atoms with Gasteiger partial charge in [-0.1, -0.05) is 26.7 Å². The second-order valence-electron chi connectivity index (χ2n) is 6.40. The Kier molecular flexibility index (Phi) is 7.96. The Labute approximate surface area is 119 Å². The number of hydrogen-bond donors (Lipinski definition) is 2. The van der Waals surface area contributed by atoms with E-state index in [4.69, 9.17) is 10.8 Å². The molecule has 0 aliphatic heterocycles. The van der Waals surface area contributed by atoms with Crippen LogP contribution in [0.2, 0.25) is 0 Å². The van der Waals surface area contributed by atoms with E-state index in [2.05, 4.69) is 18.7 Å². The molecule has 0 spiro atoms. The quantitative estimate of drug-likeness (QED) is 0.633. The van der Waals surface area contributed by atoms with E-state index in [0.717, 1.165) is 31.8 Å². The maximum absolute atomic E-state index is 8.88. The van der Waals surface area contributed by atoms with E-state index in [1.54, 1.807) is 0 Å². The van der Waals surface area contributed by atoms with Gasteiger partial charge >= 0.3 is 0 Å². The third kappa shape index (κ3) is 5.05. The van der Waals surface area contributed by atoms with E-state index in [0.29, 0.717) is 6.61 Å². The Morgan fingerprint density at radius 1 is 1.26 bits per heavy atom. The molecule has 0 heterocycles. The van der Waals surface area contributed by atoms with Crippen LogP contribution in [0.3, 0.4) is 0 Å². The molecule has 2 unspecified atom stereocenters. The second kappa shape index (κ2) is 8.93. The topological polar surface area (TPSA) is 49.5 Å². The van der Waals surface area contributed by atoms with Crippen LogP contribution in [-0.2, 0) is 0 Å². The molecule has 1 aliphatic carbocycles. The lowest BCUT2D eigenvalue weighted by Crippen LogP contribution is -2.56. The van der Waals surface area contributed by atoms with Gasteiger partial charge in [-0.3, -0.25) is 4.90 Å². The number of aliphatic hydroxyl groups is 1. The lowest BCUT2D eigenvalue weighted by Gasteiger charge is -2.48. The van der Waals surface area contributed by atoms with Gasteiger partial charge in [0.05, 0.1) is 0 Å². The molecular weight excluding hydrogens is 236 g/mol. The van der Waals surface area contributed by atoms with Crippen molar-refractivity contribution in [2.45, 2.75) is 70.8 Å². The number of rotatable bonds is 9. The predicted octanol–water partition coefficient (Wildman–Crippen LogP) is 2.77. The van der Waals surface area contributed by atoms with Gasteiger partial charge in [-0.25, -0.2) is 0 Å². The smallest absolute Gasteiger partial charge is 0.0431 e. The van der Waals surface area contributed by atoms with E-state index in [-0.39, 0.29) is 5.54 Å². The summed E-state index contributed by atoms with van der Waals surface area (Å²) in [7, 11) is 0. The molecule has 0 bridgehead atoms. The van der Waals surface area contributed by atoms with Crippen LogP contribution < -0.4 is 5.73 Å². The van der Waals surface area contributed by atoms with Crippen molar-refractivity contribution in [1.82, 2.24) is 4.90 Å². The third-order valence-electron chi connectivity index (χ3n) is 4.70. The zero-order valence-electron chi connectivity index (χ0n) is 13.0. The van der Waals surface area contributed by atoms with E-state index in [9.17, 15) is 0 Å². The summed E-state index contributed by atoms with van der Waals surface area (Å²) in [6.45, 7) is 8.08. The Bertz CT molecular complexity index is 235. The van der Waals surface area contributed by atoms with Gasteiger partial charge in [-0.05, 0) is 57.5 Å². The average molecular weight is 270 g/mol. The standard InChI is InChI=1S/C16H34N2O/c1-3-10-18(11-5-4-6-12-19)16(14-17)9-7-8-15(2)13-16/h15,19H,3-14,17H2,1-2H3. The molecule has 1 fully saturated rings. The first kappa shape index (κ1) is 16.9. The summed E-state index contributed by atoms with van der Waals surface area (Å²) in [6, 6.07) is 0. The molecule has 0 aromatic heterocycles. The number of hydrogen-bond acceptors (Lipinski definition) is 3. The number of nitrogens with two attached hydrogens (primary N) is 1. The highest BCUT2D eigenvalue weighted by Crippen LogP contribution is 2.36. The number of unbranched alkanes of at least 4 members (excludes halogenated alkanes) is 2. The molecule has 0 radical (unpaired) electrons. The van der Waals surface area contributed by atoms with Gasteiger partial charge in [0.15, 0.2) is 0 Å². The molecule has 2 atom stereocenters. The predicted molar refractivity (Wildman–Crippen MR) is 82.2 cm³/mol. The van der Waals surface area contributed by atoms with Crippen LogP contribution in [0, 0.1) is 5.92 Å². The van der Waals surface area contributed by atoms with E-state index >= 15 is 0 Å². The highest BCUT2D eigenvalue weighted by molar-refractivity contribution is 4.95. The first-order valence-corrected chi connectivity index (χ1v) is 8.24. The lowest BCUT2D eigenvalue weighted by atomic mass is 9.75. The maximum atomic E-state index is 8.88. The molecule has 0 saturated heterocycles. The molecule has 19 heavy (non-hydrogen) atoms. The fraction of sp³-hybridized carbons (Fsp3) is 1.00. The summed E-state index contributed by atoms with van der Waals surface area (Å²) in [6.07, 6.45) is 9.70. The molecule has 114 valence electrons. The fourth-order valence-electron chi connectivity index (χ4n) is 3.68. The molecule has 3 heteroatoms. The van der Waals surface area contributed by atoms with Gasteiger partial charge in [0, 0.05) is 18.7 Å². The van der Waals surface area contributed by atoms with E-state index < -0.39 is 0 Å². The van der Waals surface area contributed by atoms with Gasteiger partial charge in [0.25, 0.3) is 0 Å². The van der Waals surface area contributed by atoms with Crippen LogP contribution in [0.25, 0.3) is 0 Å². The van der Waals surface area contributed by atoms with Crippen molar-refractivity contribution in [1.29, 1.82) is 0 Å². The number of aliphatic hydroxyl groups excluding tert-OH is 1. The molecule has 1 aliphatic rings. The van der Waals surface area contributed by atoms with Crippen LogP contribution in [0.5, 0.6) is 0 Å². The molecule has 1 saturated carbocycles. The van der Waals surface area contributed by atoms with Crippen molar-refractivity contribution >= 4 is 0 Å². The average Bonchev–Trinajstić information content (AvgIpc) is 2.42. The molecule has 0 amide bonds. The summed E-state index contributed by atoms with van der Waals surface area (Å²) in [5.74, 6) is 0.814. The molecule has 0 aromatic carbocycles. The summed E-state index contributed by atoms with van der Waals surface area (Å²) in [4.78, 5) is 2.67. The summed E-state index contributed by atoms with van der Waals surface area (Å²) < 4.78 is 0. The SMILES string of the molecule is CCCN(CCCCCO)C1(CN)CCCC(C)C1. The van der Waals surface area contributed by atoms with E-state index in [1.165, 1.54) is 45.1 Å². The normalized spacial score (nSPS) is 27.9. The Morgan fingerprint density at radius 2 is 2.05 bits per heavy atom. The third-order valence-corrected chi connectivity index (χ3v) is 4.70. The summed E-state index contributed by atoms with van der Waals surface area (Å²) in [5, 5.41) is 8.88. The Balaban J connectivity index is 2.59. The fourth-order valence-corrected chi connectivity index (χ4v) is 3.68. The first-order chi connectivity index (χ1) is 9.18. The van der Waals surface area contributed by atoms with Crippen molar-refractivity contribution in [3.63, 3.8) is 0 Å². The van der Waals surface area contributed by atoms with Crippen LogP contribution >= 0.6 is 0 Å². The van der Waals surface area contributed by atoms with Crippen LogP contribution in [0.4, 0.5) is 0 Å². The minimum atomic E-state index is 0.257. The van der Waals surface area contributed by atoms with Gasteiger partial charge in [-0.15, -0.1) is 0 Å². The second-order valence-corrected chi connectivity index (χ2v) is 6.40. The summed E-state index contributed by atoms with van der Waals surface area (Å²) >= 11 is 0. The van der Waals surface area contributed by atoms with Gasteiger partial charge in [0.2, 0.25) is 0 Å². The highest BCUT2D eigenvalue weighted by Gasteiger charge is 2.38. The number of nitrogens with zero attached hydrogens (tertiary/aromatic N) is 1. The monoisotopic (exact) mass is 270 g/mol. The van der Waals surface area contributed by atoms with Crippen molar-refractivity contribution in [3.05, 3.63) is 0 Å². The lowest BCUT2D eigenvalue weighted by molar-refractivity contribution is 0.0371. The Hall–Kier alpha value is -0.120. The zero-order chi connectivity index (χ0) is 14.1. The van der Waals surface area contributed by atoms with Crippen molar-refractivity contribution < 1.29 is 5.11 Å². The van der Waals surface area contributed by atoms with E-state index in [1.807, 2.05) is 0 Å². The van der Waals surface area contributed by atoms with Crippen LogP contribution in [-0.4, -0.2) is 41.8 Å². The van der Waals surface area contributed by atoms with Gasteiger partial charge in [0.1, 0.15) is 0 Å². The van der Waals surface area contributed by atoms with Gasteiger partial charge < -0.3 is 10.8 Å². The molecule has 3 nitrogen and oxygen atoms in total. The van der Waals surface area contributed by atoms with Crippen LogP contribution in [0.15, 0.2) is 0 Å². The molecule has 0 aromatic rings. The largest absolute Gasteiger partial charge is 0.396 e. The molecule has 1 rings (SSSR count). The zero-order valence-corrected chi connectivity index (χ0v) is 13.0. The maximum Gasteiger partial charge on any atom is 0.0431 e. The minimum absolute atomic E-state index is 0.257. The molecule has 3 N–H and O–H groups in total. The highest BCUT2D eigenvalue weighted by atomic mass is 16.2. The first-order valence-electron chi connectivity index (χ1n) is 8.24. The van der Waals surface area contributed by atoms with Crippen molar-refractivity contribution in [3.8, 4) is 0 Å². The van der Waals surface area contributed by atoms with Crippen molar-refractivity contribution in [2.24, 2.45) is 11.7 Å². The Morgan fingerprint density at radius 3 is 2.63 bits per heavy atom. The minimum Gasteiger partial charge on any atom is -0.396 e. The van der Waals surface area contributed by atoms with Crippen LogP contribution in [0.1, 0.15) is 65.2 Å². The molecular formula is C16H34N2O.